The van der Waals surface area contributed by atoms with Crippen LogP contribution in [0.15, 0.2) is 42.7 Å². The highest BCUT2D eigenvalue weighted by atomic mass is 16.5. The fourth-order valence-corrected chi connectivity index (χ4v) is 2.20. The van der Waals surface area contributed by atoms with Crippen LogP contribution >= 0.6 is 0 Å². The van der Waals surface area contributed by atoms with E-state index in [1.165, 1.54) is 25.5 Å². The SMILES string of the molecule is CNC(=O)c1cc(Oc2ccc3[nH]cc(C(=O)O)c3c2)ccn1. The van der Waals surface area contributed by atoms with Gasteiger partial charge in [-0.3, -0.25) is 9.78 Å². The van der Waals surface area contributed by atoms with Crippen molar-refractivity contribution in [3.63, 3.8) is 0 Å². The van der Waals surface area contributed by atoms with Crippen LogP contribution in [0.25, 0.3) is 10.9 Å². The van der Waals surface area contributed by atoms with Gasteiger partial charge in [0.2, 0.25) is 0 Å². The minimum Gasteiger partial charge on any atom is -0.478 e. The number of carbonyl (C=O) groups excluding carboxylic acids is 1. The molecular formula is C16H13N3O4. The second-order valence-corrected chi connectivity index (χ2v) is 4.77. The lowest BCUT2D eigenvalue weighted by molar-refractivity contribution is 0.0699. The van der Waals surface area contributed by atoms with E-state index in [-0.39, 0.29) is 17.2 Å². The number of aromatic amines is 1. The number of aromatic nitrogens is 2. The molecule has 0 bridgehead atoms. The third-order valence-corrected chi connectivity index (χ3v) is 3.31. The minimum absolute atomic E-state index is 0.172. The van der Waals surface area contributed by atoms with Crippen LogP contribution in [0.1, 0.15) is 20.8 Å². The molecule has 0 spiro atoms. The molecule has 0 radical (unpaired) electrons. The number of amides is 1. The first-order valence-electron chi connectivity index (χ1n) is 6.79. The fourth-order valence-electron chi connectivity index (χ4n) is 2.20. The van der Waals surface area contributed by atoms with E-state index in [1.807, 2.05) is 0 Å². The highest BCUT2D eigenvalue weighted by Crippen LogP contribution is 2.27. The van der Waals surface area contributed by atoms with Gasteiger partial charge in [-0.05, 0) is 24.3 Å². The lowest BCUT2D eigenvalue weighted by Gasteiger charge is -2.07. The second kappa shape index (κ2) is 5.80. The normalized spacial score (nSPS) is 10.5. The average Bonchev–Trinajstić information content (AvgIpc) is 2.97. The zero-order valence-electron chi connectivity index (χ0n) is 12.2. The third-order valence-electron chi connectivity index (χ3n) is 3.31. The molecular weight excluding hydrogens is 298 g/mol. The maximum absolute atomic E-state index is 11.6. The molecule has 0 saturated heterocycles. The predicted octanol–water partition coefficient (Wildman–Crippen LogP) is 2.41. The van der Waals surface area contributed by atoms with Crippen LogP contribution in [0, 0.1) is 0 Å². The van der Waals surface area contributed by atoms with E-state index >= 15 is 0 Å². The standard InChI is InChI=1S/C16H13N3O4/c1-17-15(20)14-7-10(4-5-18-14)23-9-2-3-13-11(6-9)12(8-19-13)16(21)22/h2-8,19H,1H3,(H,17,20)(H,21,22). The summed E-state index contributed by atoms with van der Waals surface area (Å²) in [6, 6.07) is 8.21. The molecule has 23 heavy (non-hydrogen) atoms. The number of nitrogens with one attached hydrogen (secondary N) is 2. The van der Waals surface area contributed by atoms with E-state index in [0.29, 0.717) is 22.4 Å². The Morgan fingerprint density at radius 1 is 1.22 bits per heavy atom. The van der Waals surface area contributed by atoms with Crippen LogP contribution in [0.5, 0.6) is 11.5 Å². The van der Waals surface area contributed by atoms with Gasteiger partial charge in [0, 0.05) is 36.4 Å². The van der Waals surface area contributed by atoms with Gasteiger partial charge in [0.05, 0.1) is 5.56 Å². The highest BCUT2D eigenvalue weighted by Gasteiger charge is 2.12. The Balaban J connectivity index is 1.94. The molecule has 1 aromatic carbocycles. The molecule has 7 nitrogen and oxygen atoms in total. The highest BCUT2D eigenvalue weighted by molar-refractivity contribution is 6.03. The average molecular weight is 311 g/mol. The van der Waals surface area contributed by atoms with Crippen LogP contribution in [0.4, 0.5) is 0 Å². The summed E-state index contributed by atoms with van der Waals surface area (Å²) in [7, 11) is 1.52. The van der Waals surface area contributed by atoms with E-state index in [9.17, 15) is 9.59 Å². The maximum Gasteiger partial charge on any atom is 0.337 e. The number of hydrogen-bond donors (Lipinski definition) is 3. The largest absolute Gasteiger partial charge is 0.478 e. The summed E-state index contributed by atoms with van der Waals surface area (Å²) >= 11 is 0. The zero-order valence-corrected chi connectivity index (χ0v) is 12.2. The number of carboxylic acid groups (broad SMARTS) is 1. The van der Waals surface area contributed by atoms with Crippen molar-refractivity contribution in [1.29, 1.82) is 0 Å². The van der Waals surface area contributed by atoms with Crippen LogP contribution in [0.2, 0.25) is 0 Å². The first kappa shape index (κ1) is 14.6. The van der Waals surface area contributed by atoms with Crippen molar-refractivity contribution in [2.24, 2.45) is 0 Å². The summed E-state index contributed by atoms with van der Waals surface area (Å²) in [6.45, 7) is 0. The number of ether oxygens (including phenoxy) is 1. The quantitative estimate of drug-likeness (QED) is 0.686. The molecule has 2 heterocycles. The number of hydrogen-bond acceptors (Lipinski definition) is 4. The summed E-state index contributed by atoms with van der Waals surface area (Å²) in [5, 5.41) is 12.2. The Kier molecular flexibility index (Phi) is 3.68. The van der Waals surface area contributed by atoms with Gasteiger partial charge in [-0.15, -0.1) is 0 Å². The number of aromatic carboxylic acids is 1. The summed E-state index contributed by atoms with van der Waals surface area (Å²) in [4.78, 5) is 29.6. The van der Waals surface area contributed by atoms with Gasteiger partial charge in [-0.1, -0.05) is 0 Å². The Morgan fingerprint density at radius 3 is 2.74 bits per heavy atom. The number of benzene rings is 1. The van der Waals surface area contributed by atoms with Crippen LogP contribution in [-0.2, 0) is 0 Å². The van der Waals surface area contributed by atoms with Crippen molar-refractivity contribution in [1.82, 2.24) is 15.3 Å². The molecule has 0 aliphatic carbocycles. The number of H-pyrrole nitrogens is 1. The predicted molar refractivity (Wildman–Crippen MR) is 83.0 cm³/mol. The summed E-state index contributed by atoms with van der Waals surface area (Å²) in [5.41, 5.74) is 1.11. The summed E-state index contributed by atoms with van der Waals surface area (Å²) in [5.74, 6) is -0.428. The van der Waals surface area contributed by atoms with E-state index in [2.05, 4.69) is 15.3 Å². The fraction of sp³-hybridized carbons (Fsp3) is 0.0625. The Labute approximate surface area is 130 Å². The Morgan fingerprint density at radius 2 is 2.00 bits per heavy atom. The molecule has 3 rings (SSSR count). The third kappa shape index (κ3) is 2.84. The van der Waals surface area contributed by atoms with Gasteiger partial charge in [0.25, 0.3) is 5.91 Å². The van der Waals surface area contributed by atoms with Gasteiger partial charge in [0.1, 0.15) is 17.2 Å². The molecule has 0 fully saturated rings. The van der Waals surface area contributed by atoms with Crippen molar-refractivity contribution in [3.05, 3.63) is 54.0 Å². The van der Waals surface area contributed by atoms with Gasteiger partial charge in [-0.2, -0.15) is 0 Å². The Bertz CT molecular complexity index is 901. The van der Waals surface area contributed by atoms with E-state index in [1.54, 1.807) is 24.3 Å². The number of carbonyl (C=O) groups is 2. The van der Waals surface area contributed by atoms with E-state index in [4.69, 9.17) is 9.84 Å². The number of rotatable bonds is 4. The number of carboxylic acids is 1. The molecule has 0 unspecified atom stereocenters. The van der Waals surface area contributed by atoms with E-state index < -0.39 is 5.97 Å². The van der Waals surface area contributed by atoms with Crippen molar-refractivity contribution >= 4 is 22.8 Å². The van der Waals surface area contributed by atoms with Gasteiger partial charge in [0.15, 0.2) is 0 Å². The molecule has 116 valence electrons. The monoisotopic (exact) mass is 311 g/mol. The van der Waals surface area contributed by atoms with Gasteiger partial charge >= 0.3 is 5.97 Å². The molecule has 0 atom stereocenters. The molecule has 0 saturated carbocycles. The molecule has 1 amide bonds. The molecule has 7 heteroatoms. The van der Waals surface area contributed by atoms with Crippen molar-refractivity contribution < 1.29 is 19.4 Å². The lowest BCUT2D eigenvalue weighted by Crippen LogP contribution is -2.18. The molecule has 3 aromatic rings. The Hall–Kier alpha value is -3.35. The first-order chi connectivity index (χ1) is 11.1. The number of pyridine rings is 1. The molecule has 0 aliphatic heterocycles. The van der Waals surface area contributed by atoms with Crippen LogP contribution < -0.4 is 10.1 Å². The zero-order chi connectivity index (χ0) is 16.4. The van der Waals surface area contributed by atoms with Crippen LogP contribution in [0.3, 0.4) is 0 Å². The summed E-state index contributed by atoms with van der Waals surface area (Å²) in [6.07, 6.45) is 2.91. The van der Waals surface area contributed by atoms with Crippen molar-refractivity contribution in [2.75, 3.05) is 7.05 Å². The molecule has 3 N–H and O–H groups in total. The van der Waals surface area contributed by atoms with Crippen LogP contribution in [-0.4, -0.2) is 34.0 Å². The summed E-state index contributed by atoms with van der Waals surface area (Å²) < 4.78 is 5.70. The molecule has 0 aliphatic rings. The van der Waals surface area contributed by atoms with Crippen molar-refractivity contribution in [2.45, 2.75) is 0 Å². The second-order valence-electron chi connectivity index (χ2n) is 4.77. The first-order valence-corrected chi connectivity index (χ1v) is 6.79. The maximum atomic E-state index is 11.6. The smallest absolute Gasteiger partial charge is 0.337 e. The van der Waals surface area contributed by atoms with E-state index in [0.717, 1.165) is 0 Å². The molecule has 2 aromatic heterocycles. The van der Waals surface area contributed by atoms with Gasteiger partial charge < -0.3 is 20.1 Å². The van der Waals surface area contributed by atoms with Gasteiger partial charge in [-0.25, -0.2) is 4.79 Å². The number of fused-ring (bicyclic) bond motifs is 1. The minimum atomic E-state index is -1.01. The van der Waals surface area contributed by atoms with Crippen molar-refractivity contribution in [3.8, 4) is 11.5 Å². The topological polar surface area (TPSA) is 104 Å². The number of nitrogens with zero attached hydrogens (tertiary/aromatic N) is 1. The lowest BCUT2D eigenvalue weighted by atomic mass is 10.1.